The van der Waals surface area contributed by atoms with Crippen LogP contribution in [0.15, 0.2) is 23.1 Å². The van der Waals surface area contributed by atoms with E-state index in [4.69, 9.17) is 0 Å². The van der Waals surface area contributed by atoms with Crippen molar-refractivity contribution in [2.24, 2.45) is 0 Å². The van der Waals surface area contributed by atoms with Gasteiger partial charge in [0.05, 0.1) is 4.90 Å². The Hall–Kier alpha value is -1.01. The molecular weight excluding hydrogens is 272 g/mol. The van der Waals surface area contributed by atoms with Crippen LogP contribution in [-0.2, 0) is 10.0 Å². The van der Waals surface area contributed by atoms with E-state index >= 15 is 0 Å². The summed E-state index contributed by atoms with van der Waals surface area (Å²) in [5, 5.41) is 0. The van der Waals surface area contributed by atoms with Crippen LogP contribution in [0.25, 0.3) is 0 Å². The summed E-state index contributed by atoms with van der Waals surface area (Å²) < 4.78 is 52.4. The summed E-state index contributed by atoms with van der Waals surface area (Å²) in [5.41, 5.74) is 0. The predicted molar refractivity (Wildman–Crippen MR) is 68.2 cm³/mol. The zero-order valence-electron chi connectivity index (χ0n) is 10.8. The Morgan fingerprint density at radius 3 is 2.37 bits per heavy atom. The molecule has 0 aliphatic heterocycles. The van der Waals surface area contributed by atoms with Gasteiger partial charge in [-0.25, -0.2) is 17.2 Å². The topological polar surface area (TPSA) is 37.4 Å². The molecule has 0 saturated heterocycles. The SMILES string of the molecule is CCN(C1CCCC1)S(=O)(=O)c1ccc(F)c(F)c1. The van der Waals surface area contributed by atoms with Crippen LogP contribution >= 0.6 is 0 Å². The predicted octanol–water partition coefficient (Wildman–Crippen LogP) is 2.92. The normalized spacial score (nSPS) is 17.3. The first-order valence-electron chi connectivity index (χ1n) is 6.43. The van der Waals surface area contributed by atoms with Crippen molar-refractivity contribution in [1.82, 2.24) is 4.31 Å². The molecule has 1 aliphatic carbocycles. The van der Waals surface area contributed by atoms with Crippen LogP contribution in [0, 0.1) is 11.6 Å². The van der Waals surface area contributed by atoms with Gasteiger partial charge in [-0.2, -0.15) is 4.31 Å². The van der Waals surface area contributed by atoms with E-state index in [2.05, 4.69) is 0 Å². The molecule has 0 heterocycles. The van der Waals surface area contributed by atoms with Gasteiger partial charge in [-0.15, -0.1) is 0 Å². The maximum Gasteiger partial charge on any atom is 0.243 e. The summed E-state index contributed by atoms with van der Waals surface area (Å²) in [6.07, 6.45) is 3.68. The molecule has 0 aromatic heterocycles. The van der Waals surface area contributed by atoms with E-state index in [9.17, 15) is 17.2 Å². The number of rotatable bonds is 4. The lowest BCUT2D eigenvalue weighted by Gasteiger charge is -2.26. The van der Waals surface area contributed by atoms with Crippen LogP contribution < -0.4 is 0 Å². The number of halogens is 2. The summed E-state index contributed by atoms with van der Waals surface area (Å²) in [4.78, 5) is -0.180. The molecule has 0 unspecified atom stereocenters. The van der Waals surface area contributed by atoms with Gasteiger partial charge in [-0.1, -0.05) is 19.8 Å². The third-order valence-electron chi connectivity index (χ3n) is 3.54. The fourth-order valence-electron chi connectivity index (χ4n) is 2.59. The maximum atomic E-state index is 13.2. The summed E-state index contributed by atoms with van der Waals surface area (Å²) in [5.74, 6) is -2.17. The third kappa shape index (κ3) is 2.79. The second kappa shape index (κ2) is 5.54. The minimum absolute atomic E-state index is 0.0249. The van der Waals surface area contributed by atoms with Crippen LogP contribution in [0.2, 0.25) is 0 Å². The molecule has 3 nitrogen and oxygen atoms in total. The summed E-state index contributed by atoms with van der Waals surface area (Å²) in [7, 11) is -3.75. The standard InChI is InChI=1S/C13H17F2NO2S/c1-2-16(10-5-3-4-6-10)19(17,18)11-7-8-12(14)13(15)9-11/h7-10H,2-6H2,1H3. The first kappa shape index (κ1) is 14.4. The molecule has 0 amide bonds. The zero-order chi connectivity index (χ0) is 14.0. The summed E-state index contributed by atoms with van der Waals surface area (Å²) in [6.45, 7) is 2.10. The van der Waals surface area contributed by atoms with E-state index in [1.54, 1.807) is 6.92 Å². The van der Waals surface area contributed by atoms with E-state index in [0.29, 0.717) is 6.54 Å². The number of hydrogen-bond acceptors (Lipinski definition) is 2. The van der Waals surface area contributed by atoms with Crippen molar-refractivity contribution in [1.29, 1.82) is 0 Å². The van der Waals surface area contributed by atoms with Crippen molar-refractivity contribution in [3.05, 3.63) is 29.8 Å². The molecule has 0 bridgehead atoms. The average Bonchev–Trinajstić information content (AvgIpc) is 2.86. The first-order chi connectivity index (χ1) is 8.96. The highest BCUT2D eigenvalue weighted by atomic mass is 32.2. The number of sulfonamides is 1. The van der Waals surface area contributed by atoms with Crippen LogP contribution in [0.3, 0.4) is 0 Å². The van der Waals surface area contributed by atoms with Gasteiger partial charge in [0.2, 0.25) is 10.0 Å². The van der Waals surface area contributed by atoms with Gasteiger partial charge in [0.1, 0.15) is 0 Å². The van der Waals surface area contributed by atoms with E-state index in [1.807, 2.05) is 0 Å². The number of hydrogen-bond donors (Lipinski definition) is 0. The lowest BCUT2D eigenvalue weighted by atomic mass is 10.2. The monoisotopic (exact) mass is 289 g/mol. The van der Waals surface area contributed by atoms with Gasteiger partial charge in [-0.3, -0.25) is 0 Å². The Morgan fingerprint density at radius 2 is 1.84 bits per heavy atom. The van der Waals surface area contributed by atoms with Gasteiger partial charge in [0.25, 0.3) is 0 Å². The minimum Gasteiger partial charge on any atom is -0.207 e. The van der Waals surface area contributed by atoms with Crippen molar-refractivity contribution in [3.8, 4) is 0 Å². The molecule has 1 aliphatic rings. The Kier molecular flexibility index (Phi) is 4.20. The smallest absolute Gasteiger partial charge is 0.207 e. The second-order valence-corrected chi connectivity index (χ2v) is 6.61. The first-order valence-corrected chi connectivity index (χ1v) is 7.87. The molecule has 1 aromatic carbocycles. The highest BCUT2D eigenvalue weighted by molar-refractivity contribution is 7.89. The highest BCUT2D eigenvalue weighted by Crippen LogP contribution is 2.28. The molecule has 6 heteroatoms. The Morgan fingerprint density at radius 1 is 1.21 bits per heavy atom. The highest BCUT2D eigenvalue weighted by Gasteiger charge is 2.32. The largest absolute Gasteiger partial charge is 0.243 e. The second-order valence-electron chi connectivity index (χ2n) is 4.72. The van der Waals surface area contributed by atoms with Gasteiger partial charge in [0.15, 0.2) is 11.6 Å². The minimum atomic E-state index is -3.75. The van der Waals surface area contributed by atoms with E-state index in [0.717, 1.165) is 43.9 Å². The fourth-order valence-corrected chi connectivity index (χ4v) is 4.30. The quantitative estimate of drug-likeness (QED) is 0.854. The molecule has 0 N–H and O–H groups in total. The number of benzene rings is 1. The molecular formula is C13H17F2NO2S. The Balaban J connectivity index is 2.36. The average molecular weight is 289 g/mol. The van der Waals surface area contributed by atoms with Crippen LogP contribution in [-0.4, -0.2) is 25.3 Å². The number of nitrogens with zero attached hydrogens (tertiary/aromatic N) is 1. The van der Waals surface area contributed by atoms with Gasteiger partial charge >= 0.3 is 0 Å². The molecule has 1 fully saturated rings. The lowest BCUT2D eigenvalue weighted by Crippen LogP contribution is -2.38. The lowest BCUT2D eigenvalue weighted by molar-refractivity contribution is 0.335. The van der Waals surface area contributed by atoms with Crippen molar-refractivity contribution < 1.29 is 17.2 Å². The van der Waals surface area contributed by atoms with Gasteiger partial charge in [-0.05, 0) is 31.0 Å². The van der Waals surface area contributed by atoms with E-state index in [-0.39, 0.29) is 10.9 Å². The maximum absolute atomic E-state index is 13.2. The summed E-state index contributed by atoms with van der Waals surface area (Å²) in [6, 6.07) is 2.70. The fraction of sp³-hybridized carbons (Fsp3) is 0.538. The zero-order valence-corrected chi connectivity index (χ0v) is 11.6. The van der Waals surface area contributed by atoms with E-state index < -0.39 is 21.7 Å². The molecule has 1 saturated carbocycles. The van der Waals surface area contributed by atoms with Crippen LogP contribution in [0.4, 0.5) is 8.78 Å². The van der Waals surface area contributed by atoms with Gasteiger partial charge in [0, 0.05) is 12.6 Å². The van der Waals surface area contributed by atoms with Crippen molar-refractivity contribution in [2.45, 2.75) is 43.5 Å². The molecule has 0 spiro atoms. The van der Waals surface area contributed by atoms with Crippen molar-refractivity contribution >= 4 is 10.0 Å². The van der Waals surface area contributed by atoms with E-state index in [1.165, 1.54) is 4.31 Å². The molecule has 0 atom stereocenters. The molecule has 2 rings (SSSR count). The Labute approximate surface area is 112 Å². The van der Waals surface area contributed by atoms with Crippen molar-refractivity contribution in [2.75, 3.05) is 6.54 Å². The molecule has 1 aromatic rings. The molecule has 19 heavy (non-hydrogen) atoms. The Bertz CT molecular complexity index is 554. The van der Waals surface area contributed by atoms with Crippen molar-refractivity contribution in [3.63, 3.8) is 0 Å². The van der Waals surface area contributed by atoms with Crippen LogP contribution in [0.5, 0.6) is 0 Å². The molecule has 106 valence electrons. The van der Waals surface area contributed by atoms with Crippen LogP contribution in [0.1, 0.15) is 32.6 Å². The van der Waals surface area contributed by atoms with Gasteiger partial charge < -0.3 is 0 Å². The third-order valence-corrected chi connectivity index (χ3v) is 5.56. The molecule has 0 radical (unpaired) electrons. The summed E-state index contributed by atoms with van der Waals surface area (Å²) >= 11 is 0.